The lowest BCUT2D eigenvalue weighted by Gasteiger charge is -2.24. The van der Waals surface area contributed by atoms with Gasteiger partial charge in [0.2, 0.25) is 0 Å². The number of rotatable bonds is 4. The monoisotopic (exact) mass is 394 g/mol. The van der Waals surface area contributed by atoms with Gasteiger partial charge in [-0.2, -0.15) is 0 Å². The Morgan fingerprint density at radius 3 is 2.89 bits per heavy atom. The molecule has 9 nitrogen and oxygen atoms in total. The summed E-state index contributed by atoms with van der Waals surface area (Å²) in [6.45, 7) is 6.52. The van der Waals surface area contributed by atoms with Gasteiger partial charge in [0, 0.05) is 31.0 Å². The van der Waals surface area contributed by atoms with E-state index in [2.05, 4.69) is 9.97 Å². The fraction of sp³-hybridized carbons (Fsp3) is 0.529. The Bertz CT molecular complexity index is 904. The van der Waals surface area contributed by atoms with Crippen molar-refractivity contribution in [3.63, 3.8) is 0 Å². The largest absolute Gasteiger partial charge is 0.444 e. The van der Waals surface area contributed by atoms with Crippen LogP contribution in [0.3, 0.4) is 0 Å². The molecule has 2 atom stereocenters. The number of fused-ring (bicyclic) bond motifs is 1. The Kier molecular flexibility index (Phi) is 5.18. The highest BCUT2D eigenvalue weighted by Gasteiger charge is 2.31. The number of ether oxygens (including phenoxy) is 1. The second-order valence-electron chi connectivity index (χ2n) is 7.59. The smallest absolute Gasteiger partial charge is 0.410 e. The number of hydrogen-bond donors (Lipinski definition) is 1. The van der Waals surface area contributed by atoms with E-state index in [0.29, 0.717) is 35.0 Å². The minimum Gasteiger partial charge on any atom is -0.444 e. The molecule has 3 rings (SSSR count). The summed E-state index contributed by atoms with van der Waals surface area (Å²) in [5.41, 5.74) is 0.418. The van der Waals surface area contributed by atoms with Crippen LogP contribution >= 0.6 is 0 Å². The number of benzene rings is 1. The molecule has 1 aliphatic heterocycles. The summed E-state index contributed by atoms with van der Waals surface area (Å²) < 4.78 is 18.0. The number of H-pyrrole nitrogens is 1. The van der Waals surface area contributed by atoms with Gasteiger partial charge in [-0.05, 0) is 39.2 Å². The molecule has 1 aliphatic rings. The first-order chi connectivity index (χ1) is 12.6. The van der Waals surface area contributed by atoms with Gasteiger partial charge in [-0.25, -0.2) is 9.78 Å². The van der Waals surface area contributed by atoms with Crippen molar-refractivity contribution in [2.75, 3.05) is 18.8 Å². The van der Waals surface area contributed by atoms with E-state index >= 15 is 0 Å². The van der Waals surface area contributed by atoms with Crippen molar-refractivity contribution in [2.24, 2.45) is 5.92 Å². The number of likely N-dealkylation sites (tertiary alicyclic amines) is 1. The molecule has 0 spiro atoms. The van der Waals surface area contributed by atoms with Crippen LogP contribution in [0.4, 0.5) is 10.5 Å². The molecule has 2 aromatic rings. The third kappa shape index (κ3) is 4.62. The fourth-order valence-electron chi connectivity index (χ4n) is 2.95. The number of nitro groups is 1. The van der Waals surface area contributed by atoms with E-state index in [-0.39, 0.29) is 17.7 Å². The number of aromatic nitrogens is 2. The van der Waals surface area contributed by atoms with Crippen molar-refractivity contribution in [3.8, 4) is 0 Å². The lowest BCUT2D eigenvalue weighted by Crippen LogP contribution is -2.35. The van der Waals surface area contributed by atoms with Crippen molar-refractivity contribution in [2.45, 2.75) is 37.9 Å². The lowest BCUT2D eigenvalue weighted by molar-refractivity contribution is -0.384. The van der Waals surface area contributed by atoms with E-state index in [1.807, 2.05) is 20.8 Å². The maximum atomic E-state index is 12.6. The summed E-state index contributed by atoms with van der Waals surface area (Å²) in [6, 6.07) is 4.28. The number of nitrogens with zero attached hydrogens (tertiary/aromatic N) is 3. The average molecular weight is 394 g/mol. The molecule has 0 aliphatic carbocycles. The molecule has 0 bridgehead atoms. The van der Waals surface area contributed by atoms with Crippen LogP contribution in [0.1, 0.15) is 27.2 Å². The van der Waals surface area contributed by atoms with Gasteiger partial charge in [0.15, 0.2) is 5.16 Å². The van der Waals surface area contributed by atoms with Gasteiger partial charge < -0.3 is 14.6 Å². The summed E-state index contributed by atoms with van der Waals surface area (Å²) in [7, 11) is -1.39. The Morgan fingerprint density at radius 2 is 2.22 bits per heavy atom. The molecule has 1 aromatic carbocycles. The first-order valence-corrected chi connectivity index (χ1v) is 9.95. The highest BCUT2D eigenvalue weighted by molar-refractivity contribution is 7.84. The number of nitro benzene ring substituents is 1. The molecule has 0 saturated carbocycles. The van der Waals surface area contributed by atoms with Crippen LogP contribution in [0.5, 0.6) is 0 Å². The lowest BCUT2D eigenvalue weighted by atomic mass is 10.2. The molecule has 1 fully saturated rings. The molecule has 10 heteroatoms. The number of amides is 1. The summed E-state index contributed by atoms with van der Waals surface area (Å²) in [6.07, 6.45) is 0.392. The van der Waals surface area contributed by atoms with Gasteiger partial charge in [0.1, 0.15) is 5.60 Å². The number of nitrogens with one attached hydrogen (secondary N) is 1. The third-order valence-corrected chi connectivity index (χ3v) is 5.59. The minimum atomic E-state index is -1.39. The van der Waals surface area contributed by atoms with Crippen molar-refractivity contribution < 1.29 is 18.7 Å². The highest BCUT2D eigenvalue weighted by atomic mass is 32.2. The number of hydrogen-bond acceptors (Lipinski definition) is 6. The van der Waals surface area contributed by atoms with E-state index in [9.17, 15) is 19.1 Å². The number of carbonyl (C=O) groups is 1. The molecular weight excluding hydrogens is 372 g/mol. The molecule has 1 amide bonds. The van der Waals surface area contributed by atoms with E-state index in [1.54, 1.807) is 4.90 Å². The Labute approximate surface area is 158 Å². The maximum absolute atomic E-state index is 12.6. The number of aromatic amines is 1. The second kappa shape index (κ2) is 7.26. The van der Waals surface area contributed by atoms with Crippen LogP contribution in [0.25, 0.3) is 11.0 Å². The van der Waals surface area contributed by atoms with E-state index in [0.717, 1.165) is 6.42 Å². The zero-order valence-corrected chi connectivity index (χ0v) is 16.2. The van der Waals surface area contributed by atoms with Crippen LogP contribution in [-0.4, -0.2) is 54.5 Å². The van der Waals surface area contributed by atoms with E-state index in [1.165, 1.54) is 18.2 Å². The fourth-order valence-corrected chi connectivity index (χ4v) is 4.23. The van der Waals surface area contributed by atoms with Gasteiger partial charge in [-0.15, -0.1) is 0 Å². The van der Waals surface area contributed by atoms with Gasteiger partial charge >= 0.3 is 6.09 Å². The summed E-state index contributed by atoms with van der Waals surface area (Å²) in [4.78, 5) is 31.3. The molecule has 1 N–H and O–H groups in total. The number of non-ortho nitro benzene ring substituents is 1. The summed E-state index contributed by atoms with van der Waals surface area (Å²) >= 11 is 0. The normalized spacial score (nSPS) is 18.6. The quantitative estimate of drug-likeness (QED) is 0.629. The highest BCUT2D eigenvalue weighted by Crippen LogP contribution is 2.23. The van der Waals surface area contributed by atoms with E-state index in [4.69, 9.17) is 4.74 Å². The Hall–Kier alpha value is -2.49. The zero-order chi connectivity index (χ0) is 19.8. The van der Waals surface area contributed by atoms with Crippen molar-refractivity contribution in [3.05, 3.63) is 28.3 Å². The predicted octanol–water partition coefficient (Wildman–Crippen LogP) is 2.84. The molecule has 1 aromatic heterocycles. The van der Waals surface area contributed by atoms with Crippen molar-refractivity contribution >= 4 is 33.6 Å². The minimum absolute atomic E-state index is 0.0488. The molecule has 0 unspecified atom stereocenters. The summed E-state index contributed by atoms with van der Waals surface area (Å²) in [5.74, 6) is 0.446. The van der Waals surface area contributed by atoms with Gasteiger partial charge in [0.25, 0.3) is 5.69 Å². The van der Waals surface area contributed by atoms with Gasteiger partial charge in [-0.3, -0.25) is 14.3 Å². The Balaban J connectivity index is 1.63. The van der Waals surface area contributed by atoms with Gasteiger partial charge in [0.05, 0.1) is 26.8 Å². The Morgan fingerprint density at radius 1 is 1.48 bits per heavy atom. The zero-order valence-electron chi connectivity index (χ0n) is 15.4. The second-order valence-corrected chi connectivity index (χ2v) is 9.00. The van der Waals surface area contributed by atoms with Crippen LogP contribution in [0, 0.1) is 16.0 Å². The van der Waals surface area contributed by atoms with Crippen molar-refractivity contribution in [1.82, 2.24) is 14.9 Å². The third-order valence-electron chi connectivity index (χ3n) is 4.19. The average Bonchev–Trinajstić information content (AvgIpc) is 3.18. The standard InChI is InChI=1S/C17H22N4O5S/c1-17(2,3)26-16(22)20-7-6-11(9-20)10-27(25)15-18-13-5-4-12(21(23)24)8-14(13)19-15/h4-5,8,11H,6-7,9-10H2,1-3H3,(H,18,19)/t11-,27-/m1/s1. The summed E-state index contributed by atoms with van der Waals surface area (Å²) in [5, 5.41) is 11.1. The molecule has 2 heterocycles. The molecule has 146 valence electrons. The van der Waals surface area contributed by atoms with Gasteiger partial charge in [-0.1, -0.05) is 0 Å². The van der Waals surface area contributed by atoms with Crippen LogP contribution < -0.4 is 0 Å². The first kappa shape index (κ1) is 19.3. The van der Waals surface area contributed by atoms with Crippen LogP contribution in [0.2, 0.25) is 0 Å². The van der Waals surface area contributed by atoms with E-state index < -0.39 is 21.3 Å². The van der Waals surface area contributed by atoms with Crippen molar-refractivity contribution in [1.29, 1.82) is 0 Å². The number of carbonyl (C=O) groups excluding carboxylic acids is 1. The SMILES string of the molecule is CC(C)(C)OC(=O)N1CC[C@@H](C[S@@](=O)c2nc3ccc([N+](=O)[O-])cc3[nH]2)C1. The molecule has 0 radical (unpaired) electrons. The number of imidazole rings is 1. The first-order valence-electron chi connectivity index (χ1n) is 8.63. The molecular formula is C17H22N4O5S. The van der Waals surface area contributed by atoms with Crippen LogP contribution in [0.15, 0.2) is 23.4 Å². The maximum Gasteiger partial charge on any atom is 0.410 e. The topological polar surface area (TPSA) is 118 Å². The van der Waals surface area contributed by atoms with Crippen LogP contribution in [-0.2, 0) is 15.5 Å². The molecule has 27 heavy (non-hydrogen) atoms. The molecule has 1 saturated heterocycles. The predicted molar refractivity (Wildman–Crippen MR) is 99.9 cm³/mol.